The van der Waals surface area contributed by atoms with Gasteiger partial charge >= 0.3 is 29.6 Å². The first-order valence-corrected chi connectivity index (χ1v) is 26.0. The number of hydrogen-bond acceptors (Lipinski definition) is 11. The van der Waals surface area contributed by atoms with Gasteiger partial charge in [0.25, 0.3) is 0 Å². The zero-order chi connectivity index (χ0) is 44.8. The van der Waals surface area contributed by atoms with Gasteiger partial charge in [-0.1, -0.05) is 192 Å². The van der Waals surface area contributed by atoms with E-state index in [1.54, 1.807) is 6.08 Å². The van der Waals surface area contributed by atoms with Crippen LogP contribution in [0.2, 0.25) is 0 Å². The number of carbonyl (C=O) groups is 1. The first-order valence-electron chi connectivity index (χ1n) is 24.7. The van der Waals surface area contributed by atoms with Crippen molar-refractivity contribution in [1.82, 2.24) is 5.32 Å². The average molecular weight is 912 g/mol. The smallest absolute Gasteiger partial charge is 0.726 e. The number of allylic oxidation sites excluding steroid dienone is 3. The van der Waals surface area contributed by atoms with Crippen LogP contribution >= 0.6 is 0 Å². The third kappa shape index (κ3) is 34.0. The Bertz CT molecular complexity index is 1190. The largest absolute Gasteiger partial charge is 1.00 e. The van der Waals surface area contributed by atoms with Crippen LogP contribution in [0, 0.1) is 0 Å². The number of carbonyl (C=O) groups excluding carboxylic acids is 1. The molecule has 0 aromatic heterocycles. The van der Waals surface area contributed by atoms with E-state index in [4.69, 9.17) is 9.47 Å². The fourth-order valence-electron chi connectivity index (χ4n) is 7.85. The molecule has 12 nitrogen and oxygen atoms in total. The Hall–Kier alpha value is -0.420. The van der Waals surface area contributed by atoms with Crippen LogP contribution in [0.4, 0.5) is 0 Å². The SMILES string of the molecule is CCCCCCCC/C=C\CCCCCCCCCCCCCC(=O)N[C@@H](CO[C@@H]1O[C@H](CO)[C@H](O)[C@H](O)[C@H]1OS(=O)(=O)[O-])[C@H](O)/C=C/CCCCCCCCCCCCC.[Na+]. The Morgan fingerprint density at radius 2 is 1.06 bits per heavy atom. The Labute approximate surface area is 400 Å². The van der Waals surface area contributed by atoms with Crippen molar-refractivity contribution in [3.8, 4) is 0 Å². The van der Waals surface area contributed by atoms with Gasteiger partial charge in [-0.2, -0.15) is 0 Å². The summed E-state index contributed by atoms with van der Waals surface area (Å²) in [6, 6.07) is -0.989. The second kappa shape index (κ2) is 42.0. The molecule has 1 heterocycles. The Kier molecular flexibility index (Phi) is 41.7. The van der Waals surface area contributed by atoms with Crippen LogP contribution in [-0.2, 0) is 28.9 Å². The van der Waals surface area contributed by atoms with Crippen LogP contribution in [0.15, 0.2) is 24.3 Å². The van der Waals surface area contributed by atoms with E-state index in [1.807, 2.05) is 6.08 Å². The van der Waals surface area contributed by atoms with Gasteiger partial charge < -0.3 is 39.8 Å². The summed E-state index contributed by atoms with van der Waals surface area (Å²) in [6.45, 7) is 3.34. The van der Waals surface area contributed by atoms with Crippen molar-refractivity contribution in [1.29, 1.82) is 0 Å². The summed E-state index contributed by atoms with van der Waals surface area (Å²) < 4.78 is 49.9. The van der Waals surface area contributed by atoms with Crippen LogP contribution in [0.25, 0.3) is 0 Å². The molecule has 1 rings (SSSR count). The standard InChI is InChI=1S/C48H91NO11S.Na/c1-3-5-7-9-11-13-15-17-18-19-20-21-22-23-24-26-28-30-32-34-36-38-44(52)49-41(42(51)37-35-33-31-29-27-25-16-14-12-10-8-6-4-2)40-58-48-47(60-61(55,56)57)46(54)45(53)43(39-50)59-48;/h17-18,35,37,41-43,45-48,50-51,53-54H,3-16,19-34,36,38-40H2,1-2H3,(H,49,52)(H,55,56,57);/q;+1/p-1/b18-17-,37-35+;/t41-,42+,43+,45-,46-,47+,48+;/m0./s1. The zero-order valence-corrected chi connectivity index (χ0v) is 42.3. The average Bonchev–Trinajstić information content (AvgIpc) is 3.23. The molecule has 1 fully saturated rings. The van der Waals surface area contributed by atoms with Crippen molar-refractivity contribution in [3.63, 3.8) is 0 Å². The summed E-state index contributed by atoms with van der Waals surface area (Å²) in [5, 5.41) is 44.3. The molecule has 0 aromatic rings. The minimum Gasteiger partial charge on any atom is -0.726 e. The van der Waals surface area contributed by atoms with Crippen molar-refractivity contribution in [2.75, 3.05) is 13.2 Å². The summed E-state index contributed by atoms with van der Waals surface area (Å²) >= 11 is 0. The maximum absolute atomic E-state index is 13.1. The number of rotatable bonds is 42. The molecule has 1 aliphatic rings. The zero-order valence-electron chi connectivity index (χ0n) is 39.4. The number of unbranched alkanes of at least 4 members (excludes halogenated alkanes) is 28. The van der Waals surface area contributed by atoms with E-state index >= 15 is 0 Å². The van der Waals surface area contributed by atoms with E-state index in [1.165, 1.54) is 148 Å². The molecule has 1 amide bonds. The van der Waals surface area contributed by atoms with Gasteiger partial charge in [0, 0.05) is 6.42 Å². The van der Waals surface area contributed by atoms with E-state index in [-0.39, 0.29) is 41.9 Å². The molecule has 0 aromatic carbocycles. The quantitative estimate of drug-likeness (QED) is 0.0143. The molecular weight excluding hydrogens is 822 g/mol. The first-order chi connectivity index (χ1) is 29.5. The Balaban J connectivity index is 0.0000372. The minimum atomic E-state index is -5.35. The molecule has 0 spiro atoms. The third-order valence-corrected chi connectivity index (χ3v) is 12.2. The maximum atomic E-state index is 13.1. The summed E-state index contributed by atoms with van der Waals surface area (Å²) in [5.41, 5.74) is 0. The summed E-state index contributed by atoms with van der Waals surface area (Å²) in [4.78, 5) is 13.1. The molecule has 62 heavy (non-hydrogen) atoms. The van der Waals surface area contributed by atoms with Crippen LogP contribution < -0.4 is 34.9 Å². The Morgan fingerprint density at radius 3 is 1.48 bits per heavy atom. The molecule has 0 aliphatic carbocycles. The number of amides is 1. The van der Waals surface area contributed by atoms with E-state index < -0.39 is 66.5 Å². The Morgan fingerprint density at radius 1 is 0.661 bits per heavy atom. The monoisotopic (exact) mass is 912 g/mol. The van der Waals surface area contributed by atoms with Crippen LogP contribution in [0.1, 0.15) is 219 Å². The fraction of sp³-hybridized carbons (Fsp3) is 0.896. The second-order valence-electron chi connectivity index (χ2n) is 17.4. The number of ether oxygens (including phenoxy) is 2. The van der Waals surface area contributed by atoms with E-state index in [2.05, 4.69) is 35.5 Å². The second-order valence-corrected chi connectivity index (χ2v) is 18.4. The summed E-state index contributed by atoms with van der Waals surface area (Å²) in [5.74, 6) is -0.289. The van der Waals surface area contributed by atoms with Crippen LogP contribution in [0.3, 0.4) is 0 Å². The molecule has 5 N–H and O–H groups in total. The van der Waals surface area contributed by atoms with Gasteiger partial charge in [-0.05, 0) is 44.9 Å². The first kappa shape index (κ1) is 61.6. The van der Waals surface area contributed by atoms with Crippen LogP contribution in [0.5, 0.6) is 0 Å². The van der Waals surface area contributed by atoms with Crippen molar-refractivity contribution < 1.29 is 81.4 Å². The van der Waals surface area contributed by atoms with E-state index in [9.17, 15) is 38.2 Å². The van der Waals surface area contributed by atoms with E-state index in [0.29, 0.717) is 6.42 Å². The van der Waals surface area contributed by atoms with Crippen molar-refractivity contribution in [2.24, 2.45) is 0 Å². The predicted octanol–water partition coefficient (Wildman–Crippen LogP) is 6.77. The summed E-state index contributed by atoms with van der Waals surface area (Å²) in [6.07, 6.45) is 36.0. The molecule has 0 radical (unpaired) electrons. The van der Waals surface area contributed by atoms with Gasteiger partial charge in [0.1, 0.15) is 18.3 Å². The van der Waals surface area contributed by atoms with Gasteiger partial charge in [0.2, 0.25) is 16.3 Å². The van der Waals surface area contributed by atoms with Gasteiger partial charge in [0.05, 0.1) is 25.4 Å². The molecular formula is C48H90NNaO11S. The minimum absolute atomic E-state index is 0. The van der Waals surface area contributed by atoms with Crippen molar-refractivity contribution in [2.45, 2.75) is 262 Å². The molecule has 1 aliphatic heterocycles. The van der Waals surface area contributed by atoms with Crippen molar-refractivity contribution >= 4 is 16.3 Å². The maximum Gasteiger partial charge on any atom is 1.00 e. The number of aliphatic hydroxyl groups is 4. The van der Waals surface area contributed by atoms with Gasteiger partial charge in [0.15, 0.2) is 12.4 Å². The molecule has 7 atom stereocenters. The fourth-order valence-corrected chi connectivity index (χ4v) is 8.32. The molecule has 1 saturated heterocycles. The summed E-state index contributed by atoms with van der Waals surface area (Å²) in [7, 11) is -5.35. The van der Waals surface area contributed by atoms with Crippen molar-refractivity contribution in [3.05, 3.63) is 24.3 Å². The molecule has 14 heteroatoms. The van der Waals surface area contributed by atoms with Gasteiger partial charge in [-0.25, -0.2) is 8.42 Å². The molecule has 0 unspecified atom stereocenters. The number of nitrogens with one attached hydrogen (secondary N) is 1. The van der Waals surface area contributed by atoms with Gasteiger partial charge in [-0.3, -0.25) is 8.98 Å². The number of hydrogen-bond donors (Lipinski definition) is 5. The predicted molar refractivity (Wildman–Crippen MR) is 244 cm³/mol. The molecule has 0 saturated carbocycles. The normalized spacial score (nSPS) is 20.5. The third-order valence-electron chi connectivity index (χ3n) is 11.7. The van der Waals surface area contributed by atoms with E-state index in [0.717, 1.165) is 44.9 Å². The van der Waals surface area contributed by atoms with Crippen LogP contribution in [-0.4, -0.2) is 95.4 Å². The topological polar surface area (TPSA) is 195 Å². The number of aliphatic hydroxyl groups excluding tert-OH is 4. The molecule has 360 valence electrons. The van der Waals surface area contributed by atoms with Gasteiger partial charge in [-0.15, -0.1) is 0 Å². The molecule has 0 bridgehead atoms.